The summed E-state index contributed by atoms with van der Waals surface area (Å²) in [5.74, 6) is 0. The first kappa shape index (κ1) is 14.8. The van der Waals surface area contributed by atoms with E-state index in [0.29, 0.717) is 10.7 Å². The van der Waals surface area contributed by atoms with Crippen molar-refractivity contribution in [1.82, 2.24) is 4.98 Å². The van der Waals surface area contributed by atoms with Crippen molar-refractivity contribution in [3.63, 3.8) is 0 Å². The lowest BCUT2D eigenvalue weighted by Crippen LogP contribution is -2.41. The molecule has 1 unspecified atom stereocenters. The average Bonchev–Trinajstić information content (AvgIpc) is 2.47. The van der Waals surface area contributed by atoms with Gasteiger partial charge in [-0.1, -0.05) is 11.6 Å². The van der Waals surface area contributed by atoms with Gasteiger partial charge in [-0.2, -0.15) is 0 Å². The van der Waals surface area contributed by atoms with Crippen LogP contribution in [0.3, 0.4) is 0 Å². The number of rotatable bonds is 2. The second-order valence-corrected chi connectivity index (χ2v) is 6.29. The highest BCUT2D eigenvalue weighted by molar-refractivity contribution is 6.62. The lowest BCUT2D eigenvalue weighted by Gasteiger charge is -2.32. The predicted molar refractivity (Wildman–Crippen MR) is 75.6 cm³/mol. The number of pyridine rings is 1. The van der Waals surface area contributed by atoms with Gasteiger partial charge >= 0.3 is 7.12 Å². The first-order valence-corrected chi connectivity index (χ1v) is 6.71. The Hall–Kier alpha value is -0.615. The lowest BCUT2D eigenvalue weighted by atomic mass is 9.76. The number of halogens is 1. The van der Waals surface area contributed by atoms with Crippen molar-refractivity contribution >= 4 is 24.2 Å². The Morgan fingerprint density at radius 3 is 2.26 bits per heavy atom. The van der Waals surface area contributed by atoms with Gasteiger partial charge in [-0.05, 0) is 46.2 Å². The fourth-order valence-electron chi connectivity index (χ4n) is 1.98. The van der Waals surface area contributed by atoms with Crippen LogP contribution in [0.15, 0.2) is 12.3 Å². The van der Waals surface area contributed by atoms with Gasteiger partial charge in [0.2, 0.25) is 0 Å². The predicted octanol–water partition coefficient (Wildman–Crippen LogP) is 2.09. The van der Waals surface area contributed by atoms with Gasteiger partial charge in [0.15, 0.2) is 0 Å². The minimum absolute atomic E-state index is 0.344. The number of hydrogen-bond acceptors (Lipinski definition) is 4. The molecule has 1 N–H and O–H groups in total. The fourth-order valence-corrected chi connectivity index (χ4v) is 2.15. The maximum atomic E-state index is 9.85. The van der Waals surface area contributed by atoms with Gasteiger partial charge in [0.1, 0.15) is 5.15 Å². The SMILES string of the molecule is CC(O)c1cc(Cl)ncc1B1OC(C)(C)C(C)(C)O1. The second kappa shape index (κ2) is 4.74. The van der Waals surface area contributed by atoms with E-state index in [-0.39, 0.29) is 0 Å². The monoisotopic (exact) mass is 283 g/mol. The first-order valence-electron chi connectivity index (χ1n) is 6.33. The van der Waals surface area contributed by atoms with Gasteiger partial charge in [0.05, 0.1) is 17.3 Å². The molecule has 0 radical (unpaired) electrons. The number of aliphatic hydroxyl groups is 1. The van der Waals surface area contributed by atoms with E-state index in [1.54, 1.807) is 19.2 Å². The van der Waals surface area contributed by atoms with Crippen LogP contribution in [0.4, 0.5) is 0 Å². The van der Waals surface area contributed by atoms with Crippen LogP contribution in [0, 0.1) is 0 Å². The van der Waals surface area contributed by atoms with Crippen LogP contribution in [0.1, 0.15) is 46.3 Å². The van der Waals surface area contributed by atoms with Crippen molar-refractivity contribution in [3.05, 3.63) is 23.0 Å². The molecular weight excluding hydrogens is 264 g/mol. The molecule has 0 saturated carbocycles. The molecule has 1 saturated heterocycles. The topological polar surface area (TPSA) is 51.6 Å². The Bertz CT molecular complexity index is 475. The zero-order valence-electron chi connectivity index (χ0n) is 11.9. The molecule has 1 aromatic rings. The van der Waals surface area contributed by atoms with E-state index in [1.807, 2.05) is 27.7 Å². The fraction of sp³-hybridized carbons (Fsp3) is 0.615. The zero-order valence-corrected chi connectivity index (χ0v) is 12.7. The summed E-state index contributed by atoms with van der Waals surface area (Å²) in [6.45, 7) is 9.62. The molecule has 2 heterocycles. The summed E-state index contributed by atoms with van der Waals surface area (Å²) in [5, 5.41) is 10.2. The summed E-state index contributed by atoms with van der Waals surface area (Å²) >= 11 is 5.88. The van der Waals surface area contributed by atoms with Crippen LogP contribution in [-0.2, 0) is 9.31 Å². The van der Waals surface area contributed by atoms with Crippen LogP contribution in [0.2, 0.25) is 5.15 Å². The number of nitrogens with zero attached hydrogens (tertiary/aromatic N) is 1. The average molecular weight is 284 g/mol. The van der Waals surface area contributed by atoms with Crippen LogP contribution in [0.5, 0.6) is 0 Å². The van der Waals surface area contributed by atoms with Gasteiger partial charge in [0, 0.05) is 11.7 Å². The molecule has 0 spiro atoms. The van der Waals surface area contributed by atoms with E-state index in [1.165, 1.54) is 0 Å². The van der Waals surface area contributed by atoms with Crippen molar-refractivity contribution < 1.29 is 14.4 Å². The maximum absolute atomic E-state index is 9.85. The Morgan fingerprint density at radius 2 is 1.79 bits per heavy atom. The number of aliphatic hydroxyl groups excluding tert-OH is 1. The summed E-state index contributed by atoms with van der Waals surface area (Å²) in [4.78, 5) is 4.06. The van der Waals surface area contributed by atoms with Gasteiger partial charge in [0.25, 0.3) is 0 Å². The molecule has 2 rings (SSSR count). The third-order valence-corrected chi connectivity index (χ3v) is 4.10. The lowest BCUT2D eigenvalue weighted by molar-refractivity contribution is 0.00578. The normalized spacial score (nSPS) is 22.6. The van der Waals surface area contributed by atoms with Crippen molar-refractivity contribution in [2.75, 3.05) is 0 Å². The molecule has 1 aliphatic rings. The van der Waals surface area contributed by atoms with Crippen LogP contribution in [0.25, 0.3) is 0 Å². The molecule has 104 valence electrons. The van der Waals surface area contributed by atoms with E-state index in [9.17, 15) is 5.11 Å². The van der Waals surface area contributed by atoms with E-state index in [0.717, 1.165) is 5.46 Å². The van der Waals surface area contributed by atoms with Crippen molar-refractivity contribution in [2.24, 2.45) is 0 Å². The van der Waals surface area contributed by atoms with Crippen molar-refractivity contribution in [1.29, 1.82) is 0 Å². The van der Waals surface area contributed by atoms with E-state index < -0.39 is 24.4 Å². The summed E-state index contributed by atoms with van der Waals surface area (Å²) in [7, 11) is -0.542. The van der Waals surface area contributed by atoms with Crippen molar-refractivity contribution in [2.45, 2.75) is 51.9 Å². The molecule has 1 atom stereocenters. The second-order valence-electron chi connectivity index (χ2n) is 5.90. The maximum Gasteiger partial charge on any atom is 0.496 e. The van der Waals surface area contributed by atoms with Gasteiger partial charge < -0.3 is 14.4 Å². The minimum atomic E-state index is -0.658. The molecule has 1 aliphatic heterocycles. The highest BCUT2D eigenvalue weighted by Gasteiger charge is 2.52. The largest absolute Gasteiger partial charge is 0.496 e. The highest BCUT2D eigenvalue weighted by Crippen LogP contribution is 2.37. The molecule has 4 nitrogen and oxygen atoms in total. The number of hydrogen-bond donors (Lipinski definition) is 1. The molecule has 19 heavy (non-hydrogen) atoms. The van der Waals surface area contributed by atoms with E-state index in [4.69, 9.17) is 20.9 Å². The molecule has 0 aromatic carbocycles. The first-order chi connectivity index (χ1) is 8.64. The van der Waals surface area contributed by atoms with Crippen LogP contribution >= 0.6 is 11.6 Å². The minimum Gasteiger partial charge on any atom is -0.399 e. The third-order valence-electron chi connectivity index (χ3n) is 3.89. The molecule has 6 heteroatoms. The van der Waals surface area contributed by atoms with E-state index >= 15 is 0 Å². The standard InChI is InChI=1S/C13H19BClNO3/c1-8(17)9-6-11(15)16-7-10(9)14-18-12(2,3)13(4,5)19-14/h6-8,17H,1-5H3. The quantitative estimate of drug-likeness (QED) is 0.667. The Kier molecular flexibility index (Phi) is 3.69. The van der Waals surface area contributed by atoms with Gasteiger partial charge in [-0.25, -0.2) is 4.98 Å². The zero-order chi connectivity index (χ0) is 14.4. The summed E-state index contributed by atoms with van der Waals surface area (Å²) in [6.07, 6.45) is 0.946. The van der Waals surface area contributed by atoms with Gasteiger partial charge in [-0.3, -0.25) is 0 Å². The smallest absolute Gasteiger partial charge is 0.399 e. The molecule has 1 fully saturated rings. The van der Waals surface area contributed by atoms with Crippen LogP contribution < -0.4 is 5.46 Å². The van der Waals surface area contributed by atoms with Crippen molar-refractivity contribution in [3.8, 4) is 0 Å². The number of aromatic nitrogens is 1. The molecule has 1 aromatic heterocycles. The van der Waals surface area contributed by atoms with Gasteiger partial charge in [-0.15, -0.1) is 0 Å². The Labute approximate surface area is 119 Å². The van der Waals surface area contributed by atoms with Crippen LogP contribution in [-0.4, -0.2) is 28.4 Å². The molecule has 0 amide bonds. The Balaban J connectivity index is 2.39. The molecule has 0 aliphatic carbocycles. The molecule has 0 bridgehead atoms. The third kappa shape index (κ3) is 2.65. The highest BCUT2D eigenvalue weighted by atomic mass is 35.5. The summed E-state index contributed by atoms with van der Waals surface area (Å²) in [6, 6.07) is 1.65. The van der Waals surface area contributed by atoms with E-state index in [2.05, 4.69) is 4.98 Å². The Morgan fingerprint density at radius 1 is 1.26 bits per heavy atom. The summed E-state index contributed by atoms with van der Waals surface area (Å²) < 4.78 is 11.9. The molecular formula is C13H19BClNO3. The summed E-state index contributed by atoms with van der Waals surface area (Å²) in [5.41, 5.74) is 0.553.